The minimum absolute atomic E-state index is 0.00134. The van der Waals surface area contributed by atoms with Gasteiger partial charge in [0.1, 0.15) is 5.82 Å². The van der Waals surface area contributed by atoms with Crippen molar-refractivity contribution in [3.05, 3.63) is 51.5 Å². The molecule has 0 aliphatic carbocycles. The number of rotatable bonds is 6. The van der Waals surface area contributed by atoms with E-state index in [0.717, 1.165) is 29.7 Å². The van der Waals surface area contributed by atoms with Gasteiger partial charge < -0.3 is 5.32 Å². The Morgan fingerprint density at radius 2 is 2.10 bits per heavy atom. The lowest BCUT2D eigenvalue weighted by Gasteiger charge is -2.15. The van der Waals surface area contributed by atoms with Gasteiger partial charge in [0.25, 0.3) is 0 Å². The van der Waals surface area contributed by atoms with Crippen LogP contribution in [0.15, 0.2) is 28.7 Å². The van der Waals surface area contributed by atoms with E-state index in [1.54, 1.807) is 0 Å². The number of nitrogens with zero attached hydrogens (tertiary/aromatic N) is 2. The molecule has 3 nitrogen and oxygen atoms in total. The summed E-state index contributed by atoms with van der Waals surface area (Å²) in [5.74, 6) is -0.178. The van der Waals surface area contributed by atoms with E-state index in [1.165, 1.54) is 11.8 Å². The van der Waals surface area contributed by atoms with Crippen LogP contribution in [0.2, 0.25) is 0 Å². The third-order valence-electron chi connectivity index (χ3n) is 3.53. The lowest BCUT2D eigenvalue weighted by Crippen LogP contribution is -2.22. The number of aromatic nitrogens is 2. The van der Waals surface area contributed by atoms with E-state index in [4.69, 9.17) is 0 Å². The minimum atomic E-state index is -0.178. The van der Waals surface area contributed by atoms with Crippen molar-refractivity contribution >= 4 is 15.9 Å². The maximum absolute atomic E-state index is 13.8. The topological polar surface area (TPSA) is 29.9 Å². The van der Waals surface area contributed by atoms with Crippen molar-refractivity contribution in [2.24, 2.45) is 0 Å². The molecule has 114 valence electrons. The number of hydrogen-bond donors (Lipinski definition) is 1. The summed E-state index contributed by atoms with van der Waals surface area (Å²) in [6.07, 6.45) is 0.963. The Balaban J connectivity index is 1.81. The summed E-state index contributed by atoms with van der Waals surface area (Å²) in [5.41, 5.74) is 2.93. The van der Waals surface area contributed by atoms with Crippen molar-refractivity contribution in [3.63, 3.8) is 0 Å². The van der Waals surface area contributed by atoms with Crippen LogP contribution in [0.25, 0.3) is 0 Å². The van der Waals surface area contributed by atoms with E-state index >= 15 is 0 Å². The third kappa shape index (κ3) is 4.38. The van der Waals surface area contributed by atoms with Gasteiger partial charge in [-0.3, -0.25) is 4.68 Å². The summed E-state index contributed by atoms with van der Waals surface area (Å²) >= 11 is 3.27. The number of hydrogen-bond acceptors (Lipinski definition) is 2. The first kappa shape index (κ1) is 16.2. The molecule has 5 heteroatoms. The van der Waals surface area contributed by atoms with Gasteiger partial charge in [0.2, 0.25) is 0 Å². The van der Waals surface area contributed by atoms with Crippen molar-refractivity contribution in [3.8, 4) is 0 Å². The molecular weight excluding hydrogens is 333 g/mol. The summed E-state index contributed by atoms with van der Waals surface area (Å²) in [6.45, 7) is 7.75. The van der Waals surface area contributed by atoms with E-state index in [-0.39, 0.29) is 11.9 Å². The van der Waals surface area contributed by atoms with Gasteiger partial charge in [-0.2, -0.15) is 5.10 Å². The molecule has 0 saturated carbocycles. The van der Waals surface area contributed by atoms with Gasteiger partial charge in [0.15, 0.2) is 0 Å². The summed E-state index contributed by atoms with van der Waals surface area (Å²) in [5, 5.41) is 7.79. The van der Waals surface area contributed by atoms with Gasteiger partial charge in [0.05, 0.1) is 5.69 Å². The van der Waals surface area contributed by atoms with E-state index in [9.17, 15) is 4.39 Å². The smallest absolute Gasteiger partial charge is 0.129 e. The molecule has 0 amide bonds. The van der Waals surface area contributed by atoms with Crippen molar-refractivity contribution < 1.29 is 4.39 Å². The molecule has 1 aromatic carbocycles. The van der Waals surface area contributed by atoms with Gasteiger partial charge in [0, 0.05) is 28.3 Å². The normalized spacial score (nSPS) is 12.6. The van der Waals surface area contributed by atoms with Gasteiger partial charge >= 0.3 is 0 Å². The predicted molar refractivity (Wildman–Crippen MR) is 86.8 cm³/mol. The highest BCUT2D eigenvalue weighted by molar-refractivity contribution is 9.10. The van der Waals surface area contributed by atoms with Gasteiger partial charge in [-0.25, -0.2) is 4.39 Å². The Bertz CT molecular complexity index is 610. The average Bonchev–Trinajstić information content (AvgIpc) is 2.73. The molecule has 1 atom stereocenters. The second kappa shape index (κ2) is 7.18. The second-order valence-electron chi connectivity index (χ2n) is 5.35. The molecule has 2 rings (SSSR count). The Labute approximate surface area is 133 Å². The zero-order valence-electron chi connectivity index (χ0n) is 12.7. The maximum atomic E-state index is 13.8. The maximum Gasteiger partial charge on any atom is 0.129 e. The molecule has 1 unspecified atom stereocenters. The highest BCUT2D eigenvalue weighted by Gasteiger charge is 2.10. The van der Waals surface area contributed by atoms with Crippen LogP contribution in [0, 0.1) is 19.7 Å². The van der Waals surface area contributed by atoms with E-state index in [0.29, 0.717) is 5.56 Å². The van der Waals surface area contributed by atoms with Crippen molar-refractivity contribution in [2.75, 3.05) is 6.54 Å². The number of nitrogens with one attached hydrogen (secondary N) is 1. The van der Waals surface area contributed by atoms with Crippen LogP contribution in [-0.4, -0.2) is 16.3 Å². The fourth-order valence-corrected chi connectivity index (χ4v) is 2.74. The van der Waals surface area contributed by atoms with Crippen LogP contribution in [0.4, 0.5) is 4.39 Å². The Kier molecular flexibility index (Phi) is 5.53. The van der Waals surface area contributed by atoms with Crippen LogP contribution < -0.4 is 5.32 Å². The van der Waals surface area contributed by atoms with E-state index in [2.05, 4.69) is 39.3 Å². The molecule has 0 saturated heterocycles. The van der Waals surface area contributed by atoms with Crippen LogP contribution >= 0.6 is 15.9 Å². The van der Waals surface area contributed by atoms with E-state index < -0.39 is 0 Å². The first-order valence-electron chi connectivity index (χ1n) is 7.17. The Hall–Kier alpha value is -1.20. The quantitative estimate of drug-likeness (QED) is 0.790. The number of benzene rings is 1. The standard InChI is InChI=1S/C16H21BrFN3/c1-11-9-12(2)21(20-11)8-4-7-19-13(3)15-6-5-14(17)10-16(15)18/h5-6,9-10,13,19H,4,7-8H2,1-3H3. The van der Waals surface area contributed by atoms with Crippen molar-refractivity contribution in [2.45, 2.75) is 39.8 Å². The SMILES string of the molecule is Cc1cc(C)n(CCCNC(C)c2ccc(Br)cc2F)n1. The molecule has 1 N–H and O–H groups in total. The Morgan fingerprint density at radius 1 is 1.33 bits per heavy atom. The lowest BCUT2D eigenvalue weighted by molar-refractivity contribution is 0.486. The summed E-state index contributed by atoms with van der Waals surface area (Å²) in [7, 11) is 0. The average molecular weight is 354 g/mol. The molecule has 0 spiro atoms. The third-order valence-corrected chi connectivity index (χ3v) is 4.02. The first-order valence-corrected chi connectivity index (χ1v) is 7.96. The molecule has 0 fully saturated rings. The van der Waals surface area contributed by atoms with Gasteiger partial charge in [-0.15, -0.1) is 0 Å². The zero-order chi connectivity index (χ0) is 15.4. The molecule has 0 aliphatic heterocycles. The fourth-order valence-electron chi connectivity index (χ4n) is 2.41. The summed E-state index contributed by atoms with van der Waals surface area (Å²) < 4.78 is 16.6. The van der Waals surface area contributed by atoms with Crippen LogP contribution in [-0.2, 0) is 6.54 Å². The largest absolute Gasteiger partial charge is 0.310 e. The van der Waals surface area contributed by atoms with E-state index in [1.807, 2.05) is 30.7 Å². The molecule has 0 radical (unpaired) electrons. The molecule has 2 aromatic rings. The zero-order valence-corrected chi connectivity index (χ0v) is 14.2. The predicted octanol–water partition coefficient (Wildman–Crippen LogP) is 4.14. The highest BCUT2D eigenvalue weighted by atomic mass is 79.9. The monoisotopic (exact) mass is 353 g/mol. The Morgan fingerprint density at radius 3 is 2.71 bits per heavy atom. The van der Waals surface area contributed by atoms with Crippen LogP contribution in [0.1, 0.15) is 36.3 Å². The number of aryl methyl sites for hydroxylation is 3. The summed E-state index contributed by atoms with van der Waals surface area (Å²) in [4.78, 5) is 0. The highest BCUT2D eigenvalue weighted by Crippen LogP contribution is 2.20. The molecule has 1 heterocycles. The molecule has 0 aliphatic rings. The molecule has 0 bridgehead atoms. The first-order chi connectivity index (χ1) is 9.97. The van der Waals surface area contributed by atoms with Crippen molar-refractivity contribution in [1.82, 2.24) is 15.1 Å². The summed E-state index contributed by atoms with van der Waals surface area (Å²) in [6, 6.07) is 7.26. The number of halogens is 2. The molecule has 1 aromatic heterocycles. The fraction of sp³-hybridized carbons (Fsp3) is 0.438. The lowest BCUT2D eigenvalue weighted by atomic mass is 10.1. The second-order valence-corrected chi connectivity index (χ2v) is 6.26. The molecule has 21 heavy (non-hydrogen) atoms. The van der Waals surface area contributed by atoms with Gasteiger partial charge in [-0.1, -0.05) is 22.0 Å². The van der Waals surface area contributed by atoms with Crippen LogP contribution in [0.5, 0.6) is 0 Å². The van der Waals surface area contributed by atoms with Gasteiger partial charge in [-0.05, 0) is 51.9 Å². The molecular formula is C16H21BrFN3. The van der Waals surface area contributed by atoms with Crippen molar-refractivity contribution in [1.29, 1.82) is 0 Å². The van der Waals surface area contributed by atoms with Crippen LogP contribution in [0.3, 0.4) is 0 Å². The minimum Gasteiger partial charge on any atom is -0.310 e.